The third-order valence-electron chi connectivity index (χ3n) is 5.90. The molecule has 0 fully saturated rings. The summed E-state index contributed by atoms with van der Waals surface area (Å²) in [4.78, 5) is 44.9. The quantitative estimate of drug-likeness (QED) is 0.638. The molecule has 8 heteroatoms. The highest BCUT2D eigenvalue weighted by molar-refractivity contribution is 7.17. The van der Waals surface area contributed by atoms with E-state index >= 15 is 0 Å². The van der Waals surface area contributed by atoms with E-state index in [1.54, 1.807) is 11.9 Å². The van der Waals surface area contributed by atoms with E-state index in [1.807, 2.05) is 52.8 Å². The fourth-order valence-corrected chi connectivity index (χ4v) is 5.78. The SMILES string of the molecule is CCN1C(=O)CN(C)C(=O)c2c1sc1c2CCN(C(=O)c2ccc3ccccn23)C1. The molecule has 0 aliphatic carbocycles. The highest BCUT2D eigenvalue weighted by Gasteiger charge is 2.37. The predicted octanol–water partition coefficient (Wildman–Crippen LogP) is 2.64. The highest BCUT2D eigenvalue weighted by Crippen LogP contribution is 2.41. The Hall–Kier alpha value is -3.13. The lowest BCUT2D eigenvalue weighted by Crippen LogP contribution is -2.38. The monoisotopic (exact) mass is 422 g/mol. The number of hydrogen-bond acceptors (Lipinski definition) is 4. The third kappa shape index (κ3) is 2.74. The van der Waals surface area contributed by atoms with Crippen molar-refractivity contribution in [3.63, 3.8) is 0 Å². The van der Waals surface area contributed by atoms with Gasteiger partial charge in [-0.25, -0.2) is 0 Å². The largest absolute Gasteiger partial charge is 0.332 e. The summed E-state index contributed by atoms with van der Waals surface area (Å²) in [7, 11) is 1.67. The average Bonchev–Trinajstić information content (AvgIpc) is 3.32. The van der Waals surface area contributed by atoms with E-state index in [0.717, 1.165) is 21.0 Å². The summed E-state index contributed by atoms with van der Waals surface area (Å²) in [6.45, 7) is 3.53. The maximum absolute atomic E-state index is 13.2. The lowest BCUT2D eigenvalue weighted by molar-refractivity contribution is -0.118. The Morgan fingerprint density at radius 1 is 1.13 bits per heavy atom. The summed E-state index contributed by atoms with van der Waals surface area (Å²) >= 11 is 1.47. The van der Waals surface area contributed by atoms with Crippen molar-refractivity contribution in [2.75, 3.05) is 31.6 Å². The molecule has 7 nitrogen and oxygen atoms in total. The third-order valence-corrected chi connectivity index (χ3v) is 7.14. The minimum Gasteiger partial charge on any atom is -0.332 e. The van der Waals surface area contributed by atoms with Crippen LogP contribution in [0.2, 0.25) is 0 Å². The summed E-state index contributed by atoms with van der Waals surface area (Å²) in [5.74, 6) is -0.204. The van der Waals surface area contributed by atoms with E-state index in [9.17, 15) is 14.4 Å². The Bertz CT molecular complexity index is 1190. The van der Waals surface area contributed by atoms with Crippen molar-refractivity contribution in [3.8, 4) is 0 Å². The number of anilines is 1. The van der Waals surface area contributed by atoms with Gasteiger partial charge in [0.15, 0.2) is 0 Å². The van der Waals surface area contributed by atoms with Gasteiger partial charge in [0.2, 0.25) is 5.91 Å². The molecule has 3 aromatic heterocycles. The van der Waals surface area contributed by atoms with E-state index in [2.05, 4.69) is 0 Å². The lowest BCUT2D eigenvalue weighted by Gasteiger charge is -2.27. The molecule has 30 heavy (non-hydrogen) atoms. The van der Waals surface area contributed by atoms with Gasteiger partial charge in [-0.1, -0.05) is 6.07 Å². The minimum absolute atomic E-state index is 0.0256. The molecule has 0 unspecified atom stereocenters. The first-order chi connectivity index (χ1) is 14.5. The Morgan fingerprint density at radius 2 is 1.97 bits per heavy atom. The van der Waals surface area contributed by atoms with Gasteiger partial charge in [0.25, 0.3) is 11.8 Å². The number of carbonyl (C=O) groups excluding carboxylic acids is 3. The number of pyridine rings is 1. The van der Waals surface area contributed by atoms with Gasteiger partial charge in [-0.05, 0) is 43.2 Å². The zero-order valence-electron chi connectivity index (χ0n) is 16.9. The Balaban J connectivity index is 1.51. The number of hydrogen-bond donors (Lipinski definition) is 0. The molecule has 3 aromatic rings. The van der Waals surface area contributed by atoms with Crippen molar-refractivity contribution in [2.24, 2.45) is 0 Å². The highest BCUT2D eigenvalue weighted by atomic mass is 32.1. The van der Waals surface area contributed by atoms with Crippen molar-refractivity contribution in [1.29, 1.82) is 0 Å². The van der Waals surface area contributed by atoms with Crippen LogP contribution in [0.1, 0.15) is 38.2 Å². The summed E-state index contributed by atoms with van der Waals surface area (Å²) in [5.41, 5.74) is 3.25. The fourth-order valence-electron chi connectivity index (χ4n) is 4.35. The Morgan fingerprint density at radius 3 is 2.77 bits per heavy atom. The maximum Gasteiger partial charge on any atom is 0.271 e. The van der Waals surface area contributed by atoms with Crippen LogP contribution in [0.3, 0.4) is 0 Å². The van der Waals surface area contributed by atoms with Crippen LogP contribution in [0.15, 0.2) is 36.5 Å². The first-order valence-corrected chi connectivity index (χ1v) is 10.9. The number of aromatic nitrogens is 1. The van der Waals surface area contributed by atoms with E-state index in [4.69, 9.17) is 0 Å². The van der Waals surface area contributed by atoms with Crippen molar-refractivity contribution in [3.05, 3.63) is 58.2 Å². The molecule has 3 amide bonds. The van der Waals surface area contributed by atoms with Crippen LogP contribution in [-0.4, -0.2) is 58.6 Å². The molecule has 5 rings (SSSR count). The molecule has 0 atom stereocenters. The van der Waals surface area contributed by atoms with Crippen molar-refractivity contribution < 1.29 is 14.4 Å². The van der Waals surface area contributed by atoms with Crippen LogP contribution < -0.4 is 4.90 Å². The number of thiophene rings is 1. The first kappa shape index (κ1) is 18.9. The molecule has 0 bridgehead atoms. The van der Waals surface area contributed by atoms with Crippen LogP contribution in [0.25, 0.3) is 5.52 Å². The average molecular weight is 423 g/mol. The summed E-state index contributed by atoms with van der Waals surface area (Å²) < 4.78 is 1.90. The number of nitrogens with zero attached hydrogens (tertiary/aromatic N) is 4. The smallest absolute Gasteiger partial charge is 0.271 e. The predicted molar refractivity (Wildman–Crippen MR) is 115 cm³/mol. The molecule has 0 saturated carbocycles. The standard InChI is InChI=1S/C22H22N4O3S/c1-3-25-18(27)13-23(2)21(29)19-15-9-11-24(12-17(15)30-22(19)25)20(28)16-8-7-14-6-4-5-10-26(14)16/h4-8,10H,3,9,11-13H2,1-2H3. The van der Waals surface area contributed by atoms with Crippen molar-refractivity contribution in [2.45, 2.75) is 19.9 Å². The molecular weight excluding hydrogens is 400 g/mol. The van der Waals surface area contributed by atoms with Crippen molar-refractivity contribution >= 4 is 39.6 Å². The van der Waals surface area contributed by atoms with Gasteiger partial charge in [0.05, 0.1) is 12.1 Å². The van der Waals surface area contributed by atoms with Gasteiger partial charge < -0.3 is 19.1 Å². The number of rotatable bonds is 2. The van der Waals surface area contributed by atoms with Crippen LogP contribution in [-0.2, 0) is 17.8 Å². The molecule has 0 N–H and O–H groups in total. The number of carbonyl (C=O) groups is 3. The molecule has 154 valence electrons. The Labute approximate surface area is 178 Å². The molecule has 0 radical (unpaired) electrons. The topological polar surface area (TPSA) is 65.3 Å². The van der Waals surface area contributed by atoms with Gasteiger partial charge in [-0.3, -0.25) is 14.4 Å². The second kappa shape index (κ2) is 6.98. The molecule has 2 aliphatic heterocycles. The number of amides is 3. The van der Waals surface area contributed by atoms with E-state index in [-0.39, 0.29) is 24.3 Å². The minimum atomic E-state index is -0.107. The summed E-state index contributed by atoms with van der Waals surface area (Å²) in [6.07, 6.45) is 2.51. The van der Waals surface area contributed by atoms with Gasteiger partial charge in [-0.2, -0.15) is 0 Å². The van der Waals surface area contributed by atoms with Crippen molar-refractivity contribution in [1.82, 2.24) is 14.2 Å². The molecule has 5 heterocycles. The molecule has 0 spiro atoms. The fraction of sp³-hybridized carbons (Fsp3) is 0.318. The van der Waals surface area contributed by atoms with Gasteiger partial charge in [0, 0.05) is 36.7 Å². The maximum atomic E-state index is 13.2. The molecule has 0 aromatic carbocycles. The second-order valence-electron chi connectivity index (χ2n) is 7.67. The summed E-state index contributed by atoms with van der Waals surface area (Å²) in [5, 5.41) is 0.726. The Kier molecular flexibility index (Phi) is 4.39. The van der Waals surface area contributed by atoms with Crippen LogP contribution in [0, 0.1) is 0 Å². The van der Waals surface area contributed by atoms with Gasteiger partial charge in [-0.15, -0.1) is 11.3 Å². The zero-order valence-corrected chi connectivity index (χ0v) is 17.7. The number of likely N-dealkylation sites (N-methyl/N-ethyl adjacent to an activating group) is 2. The zero-order chi connectivity index (χ0) is 21.0. The van der Waals surface area contributed by atoms with E-state index in [1.165, 1.54) is 16.2 Å². The molecule has 2 aliphatic rings. The first-order valence-electron chi connectivity index (χ1n) is 10.0. The second-order valence-corrected chi connectivity index (χ2v) is 8.76. The van der Waals surface area contributed by atoms with E-state index in [0.29, 0.717) is 37.3 Å². The van der Waals surface area contributed by atoms with Crippen LogP contribution >= 0.6 is 11.3 Å². The van der Waals surface area contributed by atoms with Gasteiger partial charge >= 0.3 is 0 Å². The van der Waals surface area contributed by atoms with E-state index < -0.39 is 0 Å². The van der Waals surface area contributed by atoms with Crippen LogP contribution in [0.4, 0.5) is 5.00 Å². The molecular formula is C22H22N4O3S. The lowest BCUT2D eigenvalue weighted by atomic mass is 10.0. The van der Waals surface area contributed by atoms with Gasteiger partial charge in [0.1, 0.15) is 17.2 Å². The number of fused-ring (bicyclic) bond motifs is 4. The molecule has 0 saturated heterocycles. The summed E-state index contributed by atoms with van der Waals surface area (Å²) in [6, 6.07) is 9.62. The van der Waals surface area contributed by atoms with Crippen LogP contribution in [0.5, 0.6) is 0 Å². The normalized spacial score (nSPS) is 16.7.